The van der Waals surface area contributed by atoms with Crippen LogP contribution in [0.1, 0.15) is 45.3 Å². The topological polar surface area (TPSA) is 76.8 Å². The number of carbonyl (C=O) groups excluding carboxylic acids is 1. The van der Waals surface area contributed by atoms with Crippen molar-refractivity contribution in [2.45, 2.75) is 45.6 Å². The Labute approximate surface area is 212 Å². The van der Waals surface area contributed by atoms with Crippen LogP contribution in [0.5, 0.6) is 0 Å². The molecule has 0 aliphatic rings. The summed E-state index contributed by atoms with van der Waals surface area (Å²) in [5.74, 6) is -0.465. The average Bonchev–Trinajstić information content (AvgIpc) is 3.20. The summed E-state index contributed by atoms with van der Waals surface area (Å²) in [4.78, 5) is 12.4. The second-order valence-electron chi connectivity index (χ2n) is 8.88. The molecule has 6 nitrogen and oxygen atoms in total. The number of hydrogen-bond donors (Lipinski definition) is 0. The van der Waals surface area contributed by atoms with Crippen molar-refractivity contribution in [3.05, 3.63) is 100 Å². The monoisotopic (exact) mass is 505 g/mol. The van der Waals surface area contributed by atoms with E-state index in [1.807, 2.05) is 62.4 Å². The molecule has 0 bridgehead atoms. The van der Waals surface area contributed by atoms with Crippen LogP contribution in [0.15, 0.2) is 76.0 Å². The van der Waals surface area contributed by atoms with E-state index in [1.165, 1.54) is 10.4 Å². The molecule has 0 saturated carbocycles. The highest BCUT2D eigenvalue weighted by molar-refractivity contribution is 7.89. The van der Waals surface area contributed by atoms with Gasteiger partial charge in [0.15, 0.2) is 0 Å². The van der Waals surface area contributed by atoms with Crippen LogP contribution in [0.4, 0.5) is 0 Å². The smallest absolute Gasteiger partial charge is 0.374 e. The van der Waals surface area contributed by atoms with Gasteiger partial charge in [0.05, 0.1) is 11.5 Å². The van der Waals surface area contributed by atoms with Crippen molar-refractivity contribution in [3.8, 4) is 0 Å². The number of hydrogen-bond acceptors (Lipinski definition) is 5. The minimum Gasteiger partial charge on any atom is -0.460 e. The molecule has 0 N–H and O–H groups in total. The predicted molar refractivity (Wildman–Crippen MR) is 141 cm³/mol. The molecule has 4 aromatic rings. The zero-order chi connectivity index (χ0) is 25.9. The molecule has 0 amide bonds. The molecule has 0 fully saturated rings. The Morgan fingerprint density at radius 2 is 1.64 bits per heavy atom. The minimum absolute atomic E-state index is 0.0952. The van der Waals surface area contributed by atoms with Crippen LogP contribution in [0, 0.1) is 20.8 Å². The third-order valence-corrected chi connectivity index (χ3v) is 8.32. The second-order valence-corrected chi connectivity index (χ2v) is 10.8. The molecule has 0 aliphatic carbocycles. The molecule has 0 spiro atoms. The van der Waals surface area contributed by atoms with Crippen LogP contribution >= 0.6 is 0 Å². The first-order valence-corrected chi connectivity index (χ1v) is 13.5. The van der Waals surface area contributed by atoms with Crippen LogP contribution in [-0.2, 0) is 27.7 Å². The molecule has 36 heavy (non-hydrogen) atoms. The highest BCUT2D eigenvalue weighted by atomic mass is 32.2. The number of fused-ring (bicyclic) bond motifs is 1. The van der Waals surface area contributed by atoms with Crippen LogP contribution < -0.4 is 0 Å². The lowest BCUT2D eigenvalue weighted by Gasteiger charge is -2.24. The van der Waals surface area contributed by atoms with E-state index >= 15 is 0 Å². The Morgan fingerprint density at radius 1 is 0.944 bits per heavy atom. The van der Waals surface area contributed by atoms with Crippen LogP contribution in [0.2, 0.25) is 0 Å². The maximum Gasteiger partial charge on any atom is 0.374 e. The Hall–Kier alpha value is -3.42. The lowest BCUT2D eigenvalue weighted by atomic mass is 10.0. The molecule has 7 heteroatoms. The molecular formula is C29H31NO5S. The fourth-order valence-corrected chi connectivity index (χ4v) is 5.79. The average molecular weight is 506 g/mol. The summed E-state index contributed by atoms with van der Waals surface area (Å²) in [5.41, 5.74) is 5.18. The van der Waals surface area contributed by atoms with Gasteiger partial charge < -0.3 is 9.15 Å². The number of aryl methyl sites for hydroxylation is 3. The first-order valence-electron chi connectivity index (χ1n) is 12.0. The van der Waals surface area contributed by atoms with Gasteiger partial charge in [-0.25, -0.2) is 13.2 Å². The fraction of sp³-hybridized carbons (Fsp3) is 0.276. The predicted octanol–water partition coefficient (Wildman–Crippen LogP) is 5.97. The normalized spacial score (nSPS) is 11.8. The molecule has 0 atom stereocenters. The van der Waals surface area contributed by atoms with Gasteiger partial charge in [-0.2, -0.15) is 4.31 Å². The van der Waals surface area contributed by atoms with Crippen molar-refractivity contribution in [3.63, 3.8) is 0 Å². The van der Waals surface area contributed by atoms with Crippen molar-refractivity contribution in [1.29, 1.82) is 0 Å². The number of sulfonamides is 1. The van der Waals surface area contributed by atoms with Gasteiger partial charge in [0.25, 0.3) is 0 Å². The summed E-state index contributed by atoms with van der Waals surface area (Å²) in [7, 11) is -3.86. The summed E-state index contributed by atoms with van der Waals surface area (Å²) < 4.78 is 40.3. The maximum absolute atomic E-state index is 14.0. The zero-order valence-corrected chi connectivity index (χ0v) is 21.9. The van der Waals surface area contributed by atoms with Gasteiger partial charge in [0, 0.05) is 24.0 Å². The molecule has 0 aliphatic heterocycles. The molecule has 0 saturated heterocycles. The van der Waals surface area contributed by atoms with E-state index < -0.39 is 16.0 Å². The zero-order valence-electron chi connectivity index (χ0n) is 21.1. The van der Waals surface area contributed by atoms with E-state index in [4.69, 9.17) is 9.15 Å². The van der Waals surface area contributed by atoms with Gasteiger partial charge in [-0.3, -0.25) is 0 Å². The molecule has 1 aromatic heterocycles. The number of carbonyl (C=O) groups is 1. The van der Waals surface area contributed by atoms with E-state index in [1.54, 1.807) is 26.0 Å². The standard InChI is InChI=1S/C29H31NO5S/c1-5-34-29(31)28-22(4)25-18-24(14-15-27(25)35-28)36(32,33)30(17-16-23-12-7-6-8-13-23)19-26-20(2)10-9-11-21(26)3/h6-15,18H,5,16-17,19H2,1-4H3. The number of rotatable bonds is 9. The van der Waals surface area contributed by atoms with E-state index in [0.717, 1.165) is 22.3 Å². The fourth-order valence-electron chi connectivity index (χ4n) is 4.36. The maximum atomic E-state index is 14.0. The number of benzene rings is 3. The molecule has 0 unspecified atom stereocenters. The van der Waals surface area contributed by atoms with Crippen molar-refractivity contribution >= 4 is 27.0 Å². The third kappa shape index (κ3) is 5.22. The summed E-state index contributed by atoms with van der Waals surface area (Å²) >= 11 is 0. The number of nitrogens with zero attached hydrogens (tertiary/aromatic N) is 1. The van der Waals surface area contributed by atoms with Crippen LogP contribution in [-0.4, -0.2) is 31.8 Å². The number of ether oxygens (including phenoxy) is 1. The highest BCUT2D eigenvalue weighted by Crippen LogP contribution is 2.30. The van der Waals surface area contributed by atoms with E-state index in [-0.39, 0.29) is 23.8 Å². The highest BCUT2D eigenvalue weighted by Gasteiger charge is 2.27. The van der Waals surface area contributed by atoms with Crippen molar-refractivity contribution in [2.24, 2.45) is 0 Å². The van der Waals surface area contributed by atoms with Gasteiger partial charge >= 0.3 is 5.97 Å². The quantitative estimate of drug-likeness (QED) is 0.262. The number of esters is 1. The molecule has 188 valence electrons. The first kappa shape index (κ1) is 25.7. The Bertz CT molecular complexity index is 1470. The van der Waals surface area contributed by atoms with Gasteiger partial charge in [0.1, 0.15) is 5.58 Å². The molecule has 4 rings (SSSR count). The van der Waals surface area contributed by atoms with E-state index in [2.05, 4.69) is 0 Å². The second kappa shape index (κ2) is 10.7. The lowest BCUT2D eigenvalue weighted by Crippen LogP contribution is -2.33. The Kier molecular flexibility index (Phi) is 7.62. The van der Waals surface area contributed by atoms with Gasteiger partial charge in [-0.15, -0.1) is 0 Å². The minimum atomic E-state index is -3.86. The Balaban J connectivity index is 1.73. The SMILES string of the molecule is CCOC(=O)c1oc2ccc(S(=O)(=O)N(CCc3ccccc3)Cc3c(C)cccc3C)cc2c1C. The van der Waals surface area contributed by atoms with E-state index in [0.29, 0.717) is 29.5 Å². The molecule has 0 radical (unpaired) electrons. The first-order chi connectivity index (χ1) is 17.2. The molecular weight excluding hydrogens is 474 g/mol. The van der Waals surface area contributed by atoms with Gasteiger partial charge in [-0.1, -0.05) is 48.5 Å². The largest absolute Gasteiger partial charge is 0.460 e. The summed E-state index contributed by atoms with van der Waals surface area (Å²) in [6, 6.07) is 20.6. The van der Waals surface area contributed by atoms with Crippen molar-refractivity contribution in [1.82, 2.24) is 4.31 Å². The molecule has 3 aromatic carbocycles. The van der Waals surface area contributed by atoms with Crippen molar-refractivity contribution < 1.29 is 22.4 Å². The third-order valence-electron chi connectivity index (χ3n) is 6.48. The lowest BCUT2D eigenvalue weighted by molar-refractivity contribution is 0.0491. The summed E-state index contributed by atoms with van der Waals surface area (Å²) in [6.45, 7) is 8.29. The Morgan fingerprint density at radius 3 is 2.31 bits per heavy atom. The van der Waals surface area contributed by atoms with Crippen LogP contribution in [0.3, 0.4) is 0 Å². The van der Waals surface area contributed by atoms with Gasteiger partial charge in [0.2, 0.25) is 15.8 Å². The molecule has 1 heterocycles. The van der Waals surface area contributed by atoms with Gasteiger partial charge in [-0.05, 0) is 74.6 Å². The summed E-state index contributed by atoms with van der Waals surface area (Å²) in [5, 5.41) is 0.578. The van der Waals surface area contributed by atoms with Crippen molar-refractivity contribution in [2.75, 3.05) is 13.2 Å². The van der Waals surface area contributed by atoms with Crippen LogP contribution in [0.25, 0.3) is 11.0 Å². The number of furan rings is 1. The van der Waals surface area contributed by atoms with E-state index in [9.17, 15) is 13.2 Å². The summed E-state index contributed by atoms with van der Waals surface area (Å²) in [6.07, 6.45) is 0.588.